The normalized spacial score (nSPS) is 37.9. The van der Waals surface area contributed by atoms with Gasteiger partial charge in [0.25, 0.3) is 5.91 Å². The molecular weight excluding hydrogens is 434 g/mol. The first-order chi connectivity index (χ1) is 15.5. The molecule has 0 bridgehead atoms. The molecule has 0 aromatic rings. The second kappa shape index (κ2) is 10.4. The molecule has 3 heterocycles. The lowest BCUT2D eigenvalue weighted by Crippen LogP contribution is -2.68. The summed E-state index contributed by atoms with van der Waals surface area (Å²) < 4.78 is 29.1. The van der Waals surface area contributed by atoms with Gasteiger partial charge in [-0.25, -0.2) is 0 Å². The first-order valence-electron chi connectivity index (χ1n) is 11.3. The number of hydrogen-bond donors (Lipinski definition) is 4. The van der Waals surface area contributed by atoms with Crippen LogP contribution in [0.25, 0.3) is 0 Å². The molecule has 0 unspecified atom stereocenters. The summed E-state index contributed by atoms with van der Waals surface area (Å²) in [5.74, 6) is -0.522. The van der Waals surface area contributed by atoms with E-state index in [0.29, 0.717) is 0 Å². The highest BCUT2D eigenvalue weighted by molar-refractivity contribution is 5.83. The molecule has 2 saturated heterocycles. The molecule has 0 radical (unpaired) electrons. The summed E-state index contributed by atoms with van der Waals surface area (Å²) in [6.45, 7) is 11.1. The lowest BCUT2D eigenvalue weighted by atomic mass is 9.72. The molecule has 3 aliphatic heterocycles. The van der Waals surface area contributed by atoms with Gasteiger partial charge in [0.2, 0.25) is 0 Å². The fourth-order valence-electron chi connectivity index (χ4n) is 4.63. The minimum atomic E-state index is -1.55. The third-order valence-corrected chi connectivity index (χ3v) is 7.01. The maximum absolute atomic E-state index is 12.9. The Kier molecular flexibility index (Phi) is 8.21. The van der Waals surface area contributed by atoms with Crippen molar-refractivity contribution >= 4 is 5.91 Å². The van der Waals surface area contributed by atoms with Gasteiger partial charge in [-0.2, -0.15) is 0 Å². The molecule has 33 heavy (non-hydrogen) atoms. The quantitative estimate of drug-likeness (QED) is 0.411. The Labute approximate surface area is 194 Å². The predicted molar refractivity (Wildman–Crippen MR) is 117 cm³/mol. The SMILES string of the molecule is C=C1C=C([C@H](O)C(=O)N[C@@H]2OCO[C@H]3[C@@H]2O[C@H](C[C@@H](O)CO)C(C)(C)[C@@H]3OC)O[C@H](C)[C@@H]1C. The van der Waals surface area contributed by atoms with Gasteiger partial charge in [0.15, 0.2) is 12.3 Å². The van der Waals surface area contributed by atoms with Crippen LogP contribution >= 0.6 is 0 Å². The molecule has 0 spiro atoms. The van der Waals surface area contributed by atoms with Crippen LogP contribution in [0.15, 0.2) is 24.0 Å². The number of fused-ring (bicyclic) bond motifs is 1. The number of carbonyl (C=O) groups is 1. The molecule has 0 saturated carbocycles. The number of nitrogens with one attached hydrogen (secondary N) is 1. The zero-order valence-electron chi connectivity index (χ0n) is 19.9. The molecule has 188 valence electrons. The minimum absolute atomic E-state index is 0.0692. The summed E-state index contributed by atoms with van der Waals surface area (Å²) in [5, 5.41) is 32.6. The summed E-state index contributed by atoms with van der Waals surface area (Å²) in [7, 11) is 1.56. The molecule has 0 aromatic heterocycles. The summed E-state index contributed by atoms with van der Waals surface area (Å²) >= 11 is 0. The third-order valence-electron chi connectivity index (χ3n) is 7.01. The van der Waals surface area contributed by atoms with Crippen LogP contribution in [0.2, 0.25) is 0 Å². The van der Waals surface area contributed by atoms with E-state index in [-0.39, 0.29) is 31.0 Å². The Morgan fingerprint density at radius 1 is 1.30 bits per heavy atom. The summed E-state index contributed by atoms with van der Waals surface area (Å²) in [5.41, 5.74) is 0.204. The number of methoxy groups -OCH3 is 1. The van der Waals surface area contributed by atoms with Gasteiger partial charge in [-0.1, -0.05) is 27.4 Å². The molecule has 9 atom stereocenters. The van der Waals surface area contributed by atoms with Crippen molar-refractivity contribution in [1.82, 2.24) is 5.32 Å². The van der Waals surface area contributed by atoms with Crippen LogP contribution in [-0.2, 0) is 28.5 Å². The van der Waals surface area contributed by atoms with E-state index in [1.165, 1.54) is 0 Å². The van der Waals surface area contributed by atoms with Crippen molar-refractivity contribution in [3.63, 3.8) is 0 Å². The topological polar surface area (TPSA) is 136 Å². The largest absolute Gasteiger partial charge is 0.491 e. The van der Waals surface area contributed by atoms with Gasteiger partial charge in [-0.05, 0) is 18.6 Å². The molecule has 0 aliphatic carbocycles. The first kappa shape index (κ1) is 26.1. The second-order valence-corrected chi connectivity index (χ2v) is 9.62. The van der Waals surface area contributed by atoms with Crippen molar-refractivity contribution in [2.45, 2.75) is 83.1 Å². The fraction of sp³-hybridized carbons (Fsp3) is 0.783. The van der Waals surface area contributed by atoms with Crippen molar-refractivity contribution in [3.8, 4) is 0 Å². The van der Waals surface area contributed by atoms with Gasteiger partial charge >= 0.3 is 0 Å². The number of aliphatic hydroxyl groups excluding tert-OH is 3. The van der Waals surface area contributed by atoms with Crippen LogP contribution in [0.5, 0.6) is 0 Å². The Morgan fingerprint density at radius 3 is 2.61 bits per heavy atom. The number of hydrogen-bond acceptors (Lipinski definition) is 9. The summed E-state index contributed by atoms with van der Waals surface area (Å²) in [4.78, 5) is 12.9. The van der Waals surface area contributed by atoms with Crippen LogP contribution in [0.1, 0.15) is 34.1 Å². The standard InChI is InChI=1S/C23H37NO9/c1-11-7-15(32-13(3)12(11)2)17(27)21(28)24-22-19-18(30-10-31-22)20(29-6)23(4,5)16(33-19)8-14(26)9-25/h7,12-14,16-20,22,25-27H,1,8-10H2,2-6H3,(H,24,28)/t12-,13-,14-,16-,17+,18+,19+,20-,22-/m1/s1. The highest BCUT2D eigenvalue weighted by Crippen LogP contribution is 2.43. The Morgan fingerprint density at radius 2 is 2.00 bits per heavy atom. The van der Waals surface area contributed by atoms with Crippen LogP contribution in [0.4, 0.5) is 0 Å². The molecule has 4 N–H and O–H groups in total. The molecule has 0 aromatic carbocycles. The van der Waals surface area contributed by atoms with Crippen LogP contribution in [0, 0.1) is 11.3 Å². The molecule has 10 heteroatoms. The van der Waals surface area contributed by atoms with E-state index in [9.17, 15) is 20.1 Å². The van der Waals surface area contributed by atoms with Crippen LogP contribution in [0.3, 0.4) is 0 Å². The summed E-state index contributed by atoms with van der Waals surface area (Å²) in [6, 6.07) is 0. The lowest BCUT2D eigenvalue weighted by Gasteiger charge is -2.54. The second-order valence-electron chi connectivity index (χ2n) is 9.62. The molecule has 10 nitrogen and oxygen atoms in total. The van der Waals surface area contributed by atoms with Crippen molar-refractivity contribution in [2.75, 3.05) is 20.5 Å². The molecule has 1 amide bonds. The molecule has 2 fully saturated rings. The number of amides is 1. The van der Waals surface area contributed by atoms with E-state index in [1.54, 1.807) is 13.2 Å². The zero-order chi connectivity index (χ0) is 24.5. The monoisotopic (exact) mass is 471 g/mol. The number of rotatable bonds is 7. The van der Waals surface area contributed by atoms with Crippen LogP contribution < -0.4 is 5.32 Å². The predicted octanol–water partition coefficient (Wildman–Crippen LogP) is 0.209. The van der Waals surface area contributed by atoms with Crippen molar-refractivity contribution < 1.29 is 43.8 Å². The number of carbonyl (C=O) groups excluding carboxylic acids is 1. The minimum Gasteiger partial charge on any atom is -0.491 e. The van der Waals surface area contributed by atoms with Gasteiger partial charge in [-0.15, -0.1) is 0 Å². The lowest BCUT2D eigenvalue weighted by molar-refractivity contribution is -0.331. The van der Waals surface area contributed by atoms with E-state index < -0.39 is 60.8 Å². The van der Waals surface area contributed by atoms with Gasteiger partial charge in [0.05, 0.1) is 24.9 Å². The number of ether oxygens (including phenoxy) is 5. The van der Waals surface area contributed by atoms with E-state index >= 15 is 0 Å². The van der Waals surface area contributed by atoms with E-state index in [2.05, 4.69) is 11.9 Å². The Balaban J connectivity index is 1.76. The number of aliphatic hydroxyl groups is 3. The fourth-order valence-corrected chi connectivity index (χ4v) is 4.63. The highest BCUT2D eigenvalue weighted by atomic mass is 16.7. The maximum Gasteiger partial charge on any atom is 0.258 e. The van der Waals surface area contributed by atoms with E-state index in [0.717, 1.165) is 5.57 Å². The molecular formula is C23H37NO9. The summed E-state index contributed by atoms with van der Waals surface area (Å²) in [6.07, 6.45) is -4.22. The maximum atomic E-state index is 12.9. The van der Waals surface area contributed by atoms with Gasteiger partial charge in [-0.3, -0.25) is 4.79 Å². The van der Waals surface area contributed by atoms with Gasteiger partial charge in [0.1, 0.15) is 30.9 Å². The third kappa shape index (κ3) is 5.27. The first-order valence-corrected chi connectivity index (χ1v) is 11.3. The average molecular weight is 472 g/mol. The zero-order valence-corrected chi connectivity index (χ0v) is 19.9. The van der Waals surface area contributed by atoms with Crippen molar-refractivity contribution in [1.29, 1.82) is 0 Å². The average Bonchev–Trinajstić information content (AvgIpc) is 2.77. The molecule has 3 aliphatic rings. The number of allylic oxidation sites excluding steroid dienone is 1. The van der Waals surface area contributed by atoms with E-state index in [1.807, 2.05) is 27.7 Å². The van der Waals surface area contributed by atoms with Crippen molar-refractivity contribution in [3.05, 3.63) is 24.0 Å². The van der Waals surface area contributed by atoms with E-state index in [4.69, 9.17) is 23.7 Å². The van der Waals surface area contributed by atoms with Gasteiger partial charge in [0, 0.05) is 24.9 Å². The van der Waals surface area contributed by atoms with Gasteiger partial charge < -0.3 is 44.3 Å². The van der Waals surface area contributed by atoms with Crippen molar-refractivity contribution in [2.24, 2.45) is 11.3 Å². The van der Waals surface area contributed by atoms with Crippen LogP contribution in [-0.4, -0.2) is 90.7 Å². The Bertz CT molecular complexity index is 754. The molecule has 3 rings (SSSR count). The smallest absolute Gasteiger partial charge is 0.258 e. The highest BCUT2D eigenvalue weighted by Gasteiger charge is 2.56. The Hall–Kier alpha value is -1.53.